The third-order valence-corrected chi connectivity index (χ3v) is 2.87. The molecule has 0 bridgehead atoms. The molecule has 0 unspecified atom stereocenters. The number of guanidine groups is 1. The van der Waals surface area contributed by atoms with Gasteiger partial charge in [0.05, 0.1) is 0 Å². The number of hydrogen-bond acceptors (Lipinski definition) is 3. The summed E-state index contributed by atoms with van der Waals surface area (Å²) in [6.45, 7) is 2.54. The molecule has 0 radical (unpaired) electrons. The van der Waals surface area contributed by atoms with E-state index in [9.17, 15) is 0 Å². The van der Waals surface area contributed by atoms with Crippen LogP contribution in [-0.4, -0.2) is 38.7 Å². The summed E-state index contributed by atoms with van der Waals surface area (Å²) in [7, 11) is 1.86. The minimum absolute atomic E-state index is 0. The number of nitrogens with zero attached hydrogens (tertiary/aromatic N) is 5. The van der Waals surface area contributed by atoms with E-state index in [2.05, 4.69) is 20.0 Å². The van der Waals surface area contributed by atoms with Gasteiger partial charge in [-0.05, 0) is 19.3 Å². The zero-order valence-electron chi connectivity index (χ0n) is 10.0. The average molecular weight is 350 g/mol. The highest BCUT2D eigenvalue weighted by Gasteiger charge is 2.11. The summed E-state index contributed by atoms with van der Waals surface area (Å²) in [6, 6.07) is 0. The topological polar surface area (TPSA) is 72.3 Å². The number of rotatable bonds is 2. The molecule has 0 spiro atoms. The van der Waals surface area contributed by atoms with Gasteiger partial charge in [-0.2, -0.15) is 5.10 Å². The van der Waals surface area contributed by atoms with Crippen molar-refractivity contribution in [3.63, 3.8) is 0 Å². The fourth-order valence-corrected chi connectivity index (χ4v) is 1.84. The van der Waals surface area contributed by atoms with Gasteiger partial charge in [-0.15, -0.1) is 24.0 Å². The van der Waals surface area contributed by atoms with Crippen molar-refractivity contribution in [2.75, 3.05) is 13.1 Å². The van der Waals surface area contributed by atoms with Gasteiger partial charge in [0.2, 0.25) is 0 Å². The molecule has 0 amide bonds. The predicted molar refractivity (Wildman–Crippen MR) is 77.2 cm³/mol. The van der Waals surface area contributed by atoms with Crippen LogP contribution in [0.5, 0.6) is 0 Å². The summed E-state index contributed by atoms with van der Waals surface area (Å²) in [5.74, 6) is 1.46. The molecule has 0 atom stereocenters. The van der Waals surface area contributed by atoms with Crippen LogP contribution in [0.25, 0.3) is 0 Å². The maximum Gasteiger partial charge on any atom is 0.191 e. The van der Waals surface area contributed by atoms with E-state index in [4.69, 9.17) is 5.73 Å². The Labute approximate surface area is 118 Å². The fraction of sp³-hybridized carbons (Fsp3) is 0.700. The molecule has 96 valence electrons. The van der Waals surface area contributed by atoms with Gasteiger partial charge in [-0.3, -0.25) is 4.68 Å². The lowest BCUT2D eigenvalue weighted by Gasteiger charge is -2.27. The summed E-state index contributed by atoms with van der Waals surface area (Å²) < 4.78 is 1.72. The van der Waals surface area contributed by atoms with E-state index in [1.165, 1.54) is 25.6 Å². The van der Waals surface area contributed by atoms with Crippen LogP contribution in [0.2, 0.25) is 0 Å². The Morgan fingerprint density at radius 1 is 1.41 bits per heavy atom. The van der Waals surface area contributed by atoms with Crippen LogP contribution in [0.15, 0.2) is 11.3 Å². The molecule has 2 rings (SSSR count). The lowest BCUT2D eigenvalue weighted by atomic mass is 10.1. The van der Waals surface area contributed by atoms with Crippen molar-refractivity contribution in [1.29, 1.82) is 0 Å². The van der Waals surface area contributed by atoms with Crippen LogP contribution in [0.4, 0.5) is 0 Å². The van der Waals surface area contributed by atoms with Gasteiger partial charge in [0, 0.05) is 20.1 Å². The number of hydrogen-bond donors (Lipinski definition) is 1. The Morgan fingerprint density at radius 3 is 2.71 bits per heavy atom. The SMILES string of the molecule is Cn1ncnc1CN=C(N)N1CCCCC1.I. The second-order valence-electron chi connectivity index (χ2n) is 4.02. The lowest BCUT2D eigenvalue weighted by Crippen LogP contribution is -2.40. The molecule has 1 aliphatic heterocycles. The van der Waals surface area contributed by atoms with E-state index in [-0.39, 0.29) is 24.0 Å². The molecule has 1 fully saturated rings. The summed E-state index contributed by atoms with van der Waals surface area (Å²) in [5, 5.41) is 3.99. The van der Waals surface area contributed by atoms with E-state index >= 15 is 0 Å². The zero-order valence-corrected chi connectivity index (χ0v) is 12.4. The third kappa shape index (κ3) is 3.83. The standard InChI is InChI=1S/C10H18N6.HI/c1-15-9(13-8-14-15)7-12-10(11)16-5-3-2-4-6-16;/h8H,2-7H2,1H3,(H2,11,12);1H. The number of piperidine rings is 1. The first-order valence-corrected chi connectivity index (χ1v) is 5.65. The Hall–Kier alpha value is -0.860. The molecule has 7 heteroatoms. The molecule has 1 aromatic rings. The largest absolute Gasteiger partial charge is 0.370 e. The van der Waals surface area contributed by atoms with Gasteiger partial charge in [-0.1, -0.05) is 0 Å². The first-order valence-electron chi connectivity index (χ1n) is 5.65. The summed E-state index contributed by atoms with van der Waals surface area (Å²) in [5.41, 5.74) is 5.93. The molecule has 17 heavy (non-hydrogen) atoms. The maximum absolute atomic E-state index is 5.93. The Kier molecular flexibility index (Phi) is 5.66. The van der Waals surface area contributed by atoms with Gasteiger partial charge >= 0.3 is 0 Å². The molecule has 6 nitrogen and oxygen atoms in total. The Morgan fingerprint density at radius 2 is 2.12 bits per heavy atom. The van der Waals surface area contributed by atoms with Gasteiger partial charge in [-0.25, -0.2) is 9.98 Å². The first kappa shape index (κ1) is 14.2. The molecule has 2 N–H and O–H groups in total. The molecule has 2 heterocycles. The summed E-state index contributed by atoms with van der Waals surface area (Å²) in [4.78, 5) is 10.6. The maximum atomic E-state index is 5.93. The van der Waals surface area contributed by atoms with Crippen molar-refractivity contribution in [1.82, 2.24) is 19.7 Å². The van der Waals surface area contributed by atoms with Crippen molar-refractivity contribution in [2.45, 2.75) is 25.8 Å². The lowest BCUT2D eigenvalue weighted by molar-refractivity contribution is 0.338. The first-order chi connectivity index (χ1) is 7.77. The average Bonchev–Trinajstić information content (AvgIpc) is 2.73. The highest BCUT2D eigenvalue weighted by atomic mass is 127. The highest BCUT2D eigenvalue weighted by Crippen LogP contribution is 2.08. The normalized spacial score (nSPS) is 16.8. The van der Waals surface area contributed by atoms with Crippen LogP contribution in [-0.2, 0) is 13.6 Å². The Bertz CT molecular complexity index is 369. The van der Waals surface area contributed by atoms with Gasteiger partial charge in [0.25, 0.3) is 0 Å². The molecule has 1 aliphatic rings. The number of halogens is 1. The molecular weight excluding hydrogens is 331 g/mol. The quantitative estimate of drug-likeness (QED) is 0.485. The zero-order chi connectivity index (χ0) is 11.4. The highest BCUT2D eigenvalue weighted by molar-refractivity contribution is 14.0. The second kappa shape index (κ2) is 6.77. The predicted octanol–water partition coefficient (Wildman–Crippen LogP) is 0.734. The number of aromatic nitrogens is 3. The molecule has 0 aliphatic carbocycles. The number of nitrogens with two attached hydrogens (primary N) is 1. The van der Waals surface area contributed by atoms with Crippen molar-refractivity contribution >= 4 is 29.9 Å². The van der Waals surface area contributed by atoms with E-state index < -0.39 is 0 Å². The van der Waals surface area contributed by atoms with Crippen molar-refractivity contribution in [3.05, 3.63) is 12.2 Å². The molecule has 1 aromatic heterocycles. The van der Waals surface area contributed by atoms with Crippen LogP contribution >= 0.6 is 24.0 Å². The monoisotopic (exact) mass is 350 g/mol. The van der Waals surface area contributed by atoms with Crippen LogP contribution < -0.4 is 5.73 Å². The van der Waals surface area contributed by atoms with Crippen LogP contribution in [0.1, 0.15) is 25.1 Å². The second-order valence-corrected chi connectivity index (χ2v) is 4.02. The molecule has 0 saturated carbocycles. The van der Waals surface area contributed by atoms with E-state index in [0.717, 1.165) is 18.9 Å². The molecular formula is C10H19IN6. The van der Waals surface area contributed by atoms with Crippen LogP contribution in [0.3, 0.4) is 0 Å². The van der Waals surface area contributed by atoms with Crippen molar-refractivity contribution in [2.24, 2.45) is 17.8 Å². The minimum atomic E-state index is 0. The molecule has 1 saturated heterocycles. The number of aryl methyl sites for hydroxylation is 1. The Balaban J connectivity index is 0.00000144. The van der Waals surface area contributed by atoms with Crippen molar-refractivity contribution in [3.8, 4) is 0 Å². The third-order valence-electron chi connectivity index (χ3n) is 2.87. The van der Waals surface area contributed by atoms with Gasteiger partial charge in [0.15, 0.2) is 5.96 Å². The molecule has 0 aromatic carbocycles. The van der Waals surface area contributed by atoms with Gasteiger partial charge < -0.3 is 10.6 Å². The van der Waals surface area contributed by atoms with E-state index in [1.54, 1.807) is 4.68 Å². The number of aliphatic imine (C=N–C) groups is 1. The van der Waals surface area contributed by atoms with E-state index in [1.807, 2.05) is 7.05 Å². The van der Waals surface area contributed by atoms with Crippen LogP contribution in [0, 0.1) is 0 Å². The van der Waals surface area contributed by atoms with Crippen molar-refractivity contribution < 1.29 is 0 Å². The van der Waals surface area contributed by atoms with E-state index in [0.29, 0.717) is 12.5 Å². The van der Waals surface area contributed by atoms with Gasteiger partial charge in [0.1, 0.15) is 18.7 Å². The number of likely N-dealkylation sites (tertiary alicyclic amines) is 1. The minimum Gasteiger partial charge on any atom is -0.370 e. The summed E-state index contributed by atoms with van der Waals surface area (Å²) >= 11 is 0. The summed E-state index contributed by atoms with van der Waals surface area (Å²) in [6.07, 6.45) is 5.25. The smallest absolute Gasteiger partial charge is 0.191 e. The fourth-order valence-electron chi connectivity index (χ4n) is 1.84.